The van der Waals surface area contributed by atoms with Gasteiger partial charge in [0.25, 0.3) is 0 Å². The van der Waals surface area contributed by atoms with Gasteiger partial charge in [-0.25, -0.2) is 0 Å². The molecule has 3 rings (SSSR count). The van der Waals surface area contributed by atoms with E-state index in [0.29, 0.717) is 6.04 Å². The van der Waals surface area contributed by atoms with Gasteiger partial charge < -0.3 is 10.6 Å². The number of carbonyl (C=O) groups is 1. The summed E-state index contributed by atoms with van der Waals surface area (Å²) in [6, 6.07) is 0.601. The van der Waals surface area contributed by atoms with Gasteiger partial charge in [0.1, 0.15) is 0 Å². The monoisotopic (exact) mass is 228 g/mol. The first-order chi connectivity index (χ1) is 6.83. The standard InChI is InChI=1S/C9H12N4O.ClH/c14-9(12-6-3-10-11-4-6)8-2-5-1-7(5)13-8;/h3-5,7-8,13H,1-2H2,(H,10,11)(H,12,14);1H/t5-,7-,8-;/m0./s1. The summed E-state index contributed by atoms with van der Waals surface area (Å²) in [6.07, 6.45) is 5.50. The van der Waals surface area contributed by atoms with Gasteiger partial charge in [-0.1, -0.05) is 0 Å². The molecule has 1 saturated heterocycles. The van der Waals surface area contributed by atoms with Gasteiger partial charge in [0.2, 0.25) is 5.91 Å². The van der Waals surface area contributed by atoms with Crippen molar-refractivity contribution < 1.29 is 4.79 Å². The summed E-state index contributed by atoms with van der Waals surface area (Å²) in [5.74, 6) is 0.800. The fraction of sp³-hybridized carbons (Fsp3) is 0.556. The van der Waals surface area contributed by atoms with E-state index in [9.17, 15) is 4.79 Å². The Labute approximate surface area is 93.4 Å². The summed E-state index contributed by atoms with van der Waals surface area (Å²) in [5, 5.41) is 12.5. The van der Waals surface area contributed by atoms with Crippen LogP contribution in [0.5, 0.6) is 0 Å². The van der Waals surface area contributed by atoms with Crippen LogP contribution in [0.3, 0.4) is 0 Å². The molecule has 2 fully saturated rings. The maximum absolute atomic E-state index is 11.7. The fourth-order valence-electron chi connectivity index (χ4n) is 2.07. The number of amides is 1. The fourth-order valence-corrected chi connectivity index (χ4v) is 2.07. The summed E-state index contributed by atoms with van der Waals surface area (Å²) in [5.41, 5.74) is 0.734. The normalized spacial score (nSPS) is 31.6. The van der Waals surface area contributed by atoms with E-state index in [0.717, 1.165) is 18.0 Å². The maximum atomic E-state index is 11.7. The van der Waals surface area contributed by atoms with Gasteiger partial charge in [0.05, 0.1) is 17.9 Å². The minimum Gasteiger partial charge on any atom is -0.322 e. The van der Waals surface area contributed by atoms with E-state index in [-0.39, 0.29) is 24.4 Å². The highest BCUT2D eigenvalue weighted by molar-refractivity contribution is 5.95. The highest BCUT2D eigenvalue weighted by Crippen LogP contribution is 2.40. The smallest absolute Gasteiger partial charge is 0.241 e. The first-order valence-electron chi connectivity index (χ1n) is 4.88. The summed E-state index contributed by atoms with van der Waals surface area (Å²) in [4.78, 5) is 11.7. The highest BCUT2D eigenvalue weighted by atomic mass is 35.5. The Bertz CT molecular complexity index is 343. The van der Waals surface area contributed by atoms with E-state index < -0.39 is 0 Å². The second kappa shape index (κ2) is 3.83. The zero-order valence-corrected chi connectivity index (χ0v) is 8.88. The number of aromatic amines is 1. The number of fused-ring (bicyclic) bond motifs is 1. The molecule has 1 amide bonds. The van der Waals surface area contributed by atoms with Gasteiger partial charge in [-0.15, -0.1) is 12.4 Å². The van der Waals surface area contributed by atoms with Crippen molar-refractivity contribution in [2.24, 2.45) is 5.92 Å². The van der Waals surface area contributed by atoms with E-state index in [1.165, 1.54) is 6.42 Å². The molecular formula is C9H13ClN4O. The van der Waals surface area contributed by atoms with Crippen LogP contribution in [0.25, 0.3) is 0 Å². The van der Waals surface area contributed by atoms with Crippen molar-refractivity contribution >= 4 is 24.0 Å². The molecule has 6 heteroatoms. The van der Waals surface area contributed by atoms with Crippen LogP contribution in [0.1, 0.15) is 12.8 Å². The number of piperidine rings is 1. The van der Waals surface area contributed by atoms with Gasteiger partial charge >= 0.3 is 0 Å². The molecule has 15 heavy (non-hydrogen) atoms. The molecule has 1 aliphatic heterocycles. The van der Waals surface area contributed by atoms with E-state index >= 15 is 0 Å². The average molecular weight is 229 g/mol. The minimum absolute atomic E-state index is 0. The number of hydrogen-bond donors (Lipinski definition) is 3. The quantitative estimate of drug-likeness (QED) is 0.691. The van der Waals surface area contributed by atoms with Crippen molar-refractivity contribution in [3.05, 3.63) is 12.4 Å². The molecule has 2 aliphatic rings. The lowest BCUT2D eigenvalue weighted by Gasteiger charge is -2.11. The zero-order chi connectivity index (χ0) is 9.54. The van der Waals surface area contributed by atoms with Crippen LogP contribution in [0.4, 0.5) is 5.69 Å². The Hall–Kier alpha value is -1.07. The molecular weight excluding hydrogens is 216 g/mol. The second-order valence-corrected chi connectivity index (χ2v) is 4.03. The molecule has 5 nitrogen and oxygen atoms in total. The number of nitrogens with one attached hydrogen (secondary N) is 3. The molecule has 0 radical (unpaired) electrons. The van der Waals surface area contributed by atoms with Crippen LogP contribution < -0.4 is 10.6 Å². The predicted octanol–water partition coefficient (Wildman–Crippen LogP) is 0.520. The number of hydrogen-bond acceptors (Lipinski definition) is 3. The van der Waals surface area contributed by atoms with Gasteiger partial charge in [0, 0.05) is 12.2 Å². The molecule has 0 unspecified atom stereocenters. The number of anilines is 1. The number of aromatic nitrogens is 2. The zero-order valence-electron chi connectivity index (χ0n) is 8.06. The van der Waals surface area contributed by atoms with Gasteiger partial charge in [0.15, 0.2) is 0 Å². The predicted molar refractivity (Wildman–Crippen MR) is 57.9 cm³/mol. The molecule has 2 heterocycles. The third kappa shape index (κ3) is 1.98. The Morgan fingerprint density at radius 3 is 3.00 bits per heavy atom. The van der Waals surface area contributed by atoms with Crippen LogP contribution in [0, 0.1) is 5.92 Å². The lowest BCUT2D eigenvalue weighted by molar-refractivity contribution is -0.118. The summed E-state index contributed by atoms with van der Waals surface area (Å²) >= 11 is 0. The molecule has 3 N–H and O–H groups in total. The summed E-state index contributed by atoms with van der Waals surface area (Å²) in [6.45, 7) is 0. The van der Waals surface area contributed by atoms with E-state index in [1.807, 2.05) is 0 Å². The van der Waals surface area contributed by atoms with Crippen LogP contribution in [0.15, 0.2) is 12.4 Å². The molecule has 1 aromatic heterocycles. The average Bonchev–Trinajstić information content (AvgIpc) is 2.68. The van der Waals surface area contributed by atoms with Crippen molar-refractivity contribution in [3.63, 3.8) is 0 Å². The molecule has 0 aromatic carbocycles. The highest BCUT2D eigenvalue weighted by Gasteiger charge is 2.47. The lowest BCUT2D eigenvalue weighted by Crippen LogP contribution is -2.37. The summed E-state index contributed by atoms with van der Waals surface area (Å²) in [7, 11) is 0. The van der Waals surface area contributed by atoms with Crippen LogP contribution in [-0.4, -0.2) is 28.2 Å². The first-order valence-corrected chi connectivity index (χ1v) is 4.88. The molecule has 0 bridgehead atoms. The molecule has 0 spiro atoms. The third-order valence-electron chi connectivity index (χ3n) is 2.96. The van der Waals surface area contributed by atoms with Crippen molar-refractivity contribution in [2.75, 3.05) is 5.32 Å². The molecule has 1 aromatic rings. The van der Waals surface area contributed by atoms with Crippen LogP contribution in [0.2, 0.25) is 0 Å². The lowest BCUT2D eigenvalue weighted by atomic mass is 10.1. The van der Waals surface area contributed by atoms with E-state index in [1.54, 1.807) is 12.4 Å². The Balaban J connectivity index is 0.000000853. The van der Waals surface area contributed by atoms with Crippen molar-refractivity contribution in [1.82, 2.24) is 15.5 Å². The maximum Gasteiger partial charge on any atom is 0.241 e. The largest absolute Gasteiger partial charge is 0.322 e. The third-order valence-corrected chi connectivity index (χ3v) is 2.96. The Morgan fingerprint density at radius 1 is 1.53 bits per heavy atom. The molecule has 1 aliphatic carbocycles. The van der Waals surface area contributed by atoms with Crippen LogP contribution >= 0.6 is 12.4 Å². The first kappa shape index (κ1) is 10.4. The number of nitrogens with zero attached hydrogens (tertiary/aromatic N) is 1. The van der Waals surface area contributed by atoms with Gasteiger partial charge in [-0.2, -0.15) is 5.10 Å². The number of halogens is 1. The molecule has 1 saturated carbocycles. The topological polar surface area (TPSA) is 69.8 Å². The summed E-state index contributed by atoms with van der Waals surface area (Å²) < 4.78 is 0. The van der Waals surface area contributed by atoms with Gasteiger partial charge in [-0.05, 0) is 18.8 Å². The Kier molecular flexibility index (Phi) is 2.67. The Morgan fingerprint density at radius 2 is 2.40 bits per heavy atom. The van der Waals surface area contributed by atoms with E-state index in [4.69, 9.17) is 0 Å². The minimum atomic E-state index is -0.00588. The molecule has 82 valence electrons. The van der Waals surface area contributed by atoms with Crippen molar-refractivity contribution in [1.29, 1.82) is 0 Å². The number of H-pyrrole nitrogens is 1. The SMILES string of the molecule is Cl.O=C(Nc1cn[nH]c1)[C@@H]1C[C@@H]2C[C@@H]2N1. The number of rotatable bonds is 2. The van der Waals surface area contributed by atoms with Gasteiger partial charge in [-0.3, -0.25) is 9.89 Å². The van der Waals surface area contributed by atoms with Crippen LogP contribution in [-0.2, 0) is 4.79 Å². The second-order valence-electron chi connectivity index (χ2n) is 4.03. The molecule has 3 atom stereocenters. The van der Waals surface area contributed by atoms with Crippen molar-refractivity contribution in [2.45, 2.75) is 24.9 Å². The number of carbonyl (C=O) groups excluding carboxylic acids is 1. The van der Waals surface area contributed by atoms with E-state index in [2.05, 4.69) is 20.8 Å². The van der Waals surface area contributed by atoms with Crippen molar-refractivity contribution in [3.8, 4) is 0 Å².